The fourth-order valence-corrected chi connectivity index (χ4v) is 4.22. The first-order chi connectivity index (χ1) is 16.4. The molecule has 0 saturated heterocycles. The number of aromatic nitrogens is 6. The highest BCUT2D eigenvalue weighted by Gasteiger charge is 2.24. The van der Waals surface area contributed by atoms with Gasteiger partial charge in [-0.2, -0.15) is 0 Å². The number of nitrogen functional groups attached to an aromatic ring is 1. The fourth-order valence-electron chi connectivity index (χ4n) is 4.22. The zero-order chi connectivity index (χ0) is 24.0. The smallest absolute Gasteiger partial charge is 0.353 e. The van der Waals surface area contributed by atoms with Crippen LogP contribution < -0.4 is 21.0 Å². The summed E-state index contributed by atoms with van der Waals surface area (Å²) in [5.74, 6) is 0.681. The minimum Gasteiger partial charge on any atom is -0.448 e. The normalized spacial score (nSPS) is 11.3. The molecule has 0 atom stereocenters. The molecule has 5 rings (SSSR count). The van der Waals surface area contributed by atoms with Crippen LogP contribution in [0.25, 0.3) is 28.0 Å². The molecule has 0 aliphatic heterocycles. The molecular weight excluding hydrogens is 434 g/mol. The first kappa shape index (κ1) is 21.4. The summed E-state index contributed by atoms with van der Waals surface area (Å²) in [4.78, 5) is 27.6. The number of nitrogens with two attached hydrogens (primary N) is 1. The molecule has 0 radical (unpaired) electrons. The Hall–Kier alpha value is -4.47. The van der Waals surface area contributed by atoms with Gasteiger partial charge in [0.25, 0.3) is 0 Å². The van der Waals surface area contributed by atoms with Gasteiger partial charge in [0.2, 0.25) is 17.3 Å². The predicted molar refractivity (Wildman–Crippen MR) is 125 cm³/mol. The van der Waals surface area contributed by atoms with Crippen molar-refractivity contribution in [2.45, 2.75) is 27.3 Å². The van der Waals surface area contributed by atoms with Crippen molar-refractivity contribution < 1.29 is 14.0 Å². The Morgan fingerprint density at radius 3 is 2.41 bits per heavy atom. The average molecular weight is 459 g/mol. The number of nitrogens with zero attached hydrogens (tertiary/aromatic N) is 6. The van der Waals surface area contributed by atoms with E-state index in [1.807, 2.05) is 56.3 Å². The zero-order valence-corrected chi connectivity index (χ0v) is 19.3. The Morgan fingerprint density at radius 1 is 1.09 bits per heavy atom. The number of benzene rings is 1. The van der Waals surface area contributed by atoms with E-state index in [1.165, 1.54) is 15.5 Å². The van der Waals surface area contributed by atoms with E-state index in [0.29, 0.717) is 28.4 Å². The molecule has 0 unspecified atom stereocenters. The lowest BCUT2D eigenvalue weighted by Crippen LogP contribution is -2.46. The lowest BCUT2D eigenvalue weighted by molar-refractivity contribution is -0.893. The molecule has 0 aliphatic carbocycles. The van der Waals surface area contributed by atoms with Gasteiger partial charge in [-0.15, -0.1) is 5.10 Å². The topological polar surface area (TPSA) is 117 Å². The molecule has 0 saturated carbocycles. The Kier molecular flexibility index (Phi) is 5.12. The van der Waals surface area contributed by atoms with Crippen molar-refractivity contribution in [3.8, 4) is 22.4 Å². The lowest BCUT2D eigenvalue weighted by atomic mass is 9.99. The molecule has 34 heavy (non-hydrogen) atoms. The summed E-state index contributed by atoms with van der Waals surface area (Å²) in [6.07, 6.45) is 1.35. The molecule has 10 heteroatoms. The summed E-state index contributed by atoms with van der Waals surface area (Å²) in [7, 11) is 1.62. The number of hydrogen-bond acceptors (Lipinski definition) is 7. The van der Waals surface area contributed by atoms with E-state index < -0.39 is 5.69 Å². The number of hydrogen-bond donors (Lipinski definition) is 1. The van der Waals surface area contributed by atoms with Crippen molar-refractivity contribution in [1.82, 2.24) is 24.1 Å². The Bertz CT molecular complexity index is 1560. The molecule has 172 valence electrons. The van der Waals surface area contributed by atoms with Gasteiger partial charge in [-0.1, -0.05) is 30.3 Å². The van der Waals surface area contributed by atoms with Gasteiger partial charge >= 0.3 is 5.69 Å². The lowest BCUT2D eigenvalue weighted by Gasteiger charge is -2.12. The fraction of sp³-hybridized carbons (Fsp3) is 0.208. The quantitative estimate of drug-likeness (QED) is 0.401. The number of fused-ring (bicyclic) bond motifs is 1. The molecule has 4 heterocycles. The monoisotopic (exact) mass is 458 g/mol. The third-order valence-corrected chi connectivity index (χ3v) is 5.79. The van der Waals surface area contributed by atoms with Crippen molar-refractivity contribution in [2.24, 2.45) is 0 Å². The van der Waals surface area contributed by atoms with Gasteiger partial charge in [0, 0.05) is 41.8 Å². The van der Waals surface area contributed by atoms with Crippen LogP contribution in [0.1, 0.15) is 22.8 Å². The molecular formula is C24H24N7O3+. The van der Waals surface area contributed by atoms with Gasteiger partial charge in [0.05, 0.1) is 17.8 Å². The maximum atomic E-state index is 13.3. The van der Waals surface area contributed by atoms with Crippen molar-refractivity contribution >= 4 is 11.6 Å². The molecule has 1 aromatic carbocycles. The molecule has 5 aromatic rings. The third-order valence-electron chi connectivity index (χ3n) is 5.79. The molecule has 2 N–H and O–H groups in total. The van der Waals surface area contributed by atoms with E-state index in [0.717, 1.165) is 22.5 Å². The first-order valence-electron chi connectivity index (χ1n) is 10.7. The molecule has 0 fully saturated rings. The highest BCUT2D eigenvalue weighted by atomic mass is 16.6. The van der Waals surface area contributed by atoms with E-state index in [2.05, 4.69) is 15.1 Å². The molecule has 0 spiro atoms. The predicted octanol–water partition coefficient (Wildman–Crippen LogP) is 2.11. The van der Waals surface area contributed by atoms with Crippen LogP contribution in [0.4, 0.5) is 5.95 Å². The van der Waals surface area contributed by atoms with Crippen molar-refractivity contribution in [3.05, 3.63) is 82.2 Å². The number of anilines is 1. The summed E-state index contributed by atoms with van der Waals surface area (Å²) in [5, 5.41) is 4.68. The number of aryl methyl sites for hydroxylation is 3. The SMILES string of the molecule is CO[n+]1c(C)cc(-c2c(-c3ccccc3)nc(N)n3c(=O)n(Cc4ncoc4C)nc23)cc1C. The minimum absolute atomic E-state index is 0.0575. The van der Waals surface area contributed by atoms with Crippen LogP contribution in [-0.2, 0) is 6.54 Å². The Balaban J connectivity index is 1.84. The second kappa shape index (κ2) is 8.14. The first-order valence-corrected chi connectivity index (χ1v) is 10.7. The van der Waals surface area contributed by atoms with Crippen LogP contribution in [0.3, 0.4) is 0 Å². The van der Waals surface area contributed by atoms with Gasteiger partial charge in [-0.3, -0.25) is 4.84 Å². The van der Waals surface area contributed by atoms with Gasteiger partial charge in [0.15, 0.2) is 12.0 Å². The van der Waals surface area contributed by atoms with Crippen LogP contribution in [-0.4, -0.2) is 31.3 Å². The zero-order valence-electron chi connectivity index (χ0n) is 19.3. The maximum absolute atomic E-state index is 13.3. The van der Waals surface area contributed by atoms with Gasteiger partial charge in [-0.25, -0.2) is 23.8 Å². The van der Waals surface area contributed by atoms with E-state index in [1.54, 1.807) is 18.8 Å². The largest absolute Gasteiger partial charge is 0.448 e. The summed E-state index contributed by atoms with van der Waals surface area (Å²) >= 11 is 0. The molecule has 4 aromatic heterocycles. The summed E-state index contributed by atoms with van der Waals surface area (Å²) in [6.45, 7) is 5.84. The molecule has 0 amide bonds. The molecule has 10 nitrogen and oxygen atoms in total. The van der Waals surface area contributed by atoms with E-state index >= 15 is 0 Å². The van der Waals surface area contributed by atoms with Crippen LogP contribution in [0, 0.1) is 20.8 Å². The number of rotatable bonds is 5. The summed E-state index contributed by atoms with van der Waals surface area (Å²) < 4.78 is 9.67. The van der Waals surface area contributed by atoms with E-state index in [-0.39, 0.29) is 12.5 Å². The van der Waals surface area contributed by atoms with E-state index in [4.69, 9.17) is 15.0 Å². The summed E-state index contributed by atoms with van der Waals surface area (Å²) in [6, 6.07) is 13.6. The standard InChI is InChI=1S/C24H23N7O3/c1-14-10-18(11-15(2)31(14)33-4)20-21(17-8-6-5-7-9-17)27-23(25)30-22(20)28-29(24(30)32)12-19-16(3)34-13-26-19/h5-11,13,25H,12H2,1-4H3/p+1. The van der Waals surface area contributed by atoms with Gasteiger partial charge < -0.3 is 10.2 Å². The molecule has 0 bridgehead atoms. The Labute approximate surface area is 194 Å². The Morgan fingerprint density at radius 2 is 1.79 bits per heavy atom. The number of oxazole rings is 1. The van der Waals surface area contributed by atoms with Crippen LogP contribution in [0.2, 0.25) is 0 Å². The van der Waals surface area contributed by atoms with Gasteiger partial charge in [-0.05, 0) is 6.92 Å². The second-order valence-corrected chi connectivity index (χ2v) is 8.02. The third kappa shape index (κ3) is 3.40. The van der Waals surface area contributed by atoms with Crippen LogP contribution >= 0.6 is 0 Å². The maximum Gasteiger partial charge on any atom is 0.353 e. The minimum atomic E-state index is -0.403. The van der Waals surface area contributed by atoms with Gasteiger partial charge in [0.1, 0.15) is 18.6 Å². The van der Waals surface area contributed by atoms with Crippen molar-refractivity contribution in [3.63, 3.8) is 0 Å². The highest BCUT2D eigenvalue weighted by molar-refractivity contribution is 5.90. The van der Waals surface area contributed by atoms with Crippen LogP contribution in [0.5, 0.6) is 0 Å². The highest BCUT2D eigenvalue weighted by Crippen LogP contribution is 2.34. The molecule has 0 aliphatic rings. The van der Waals surface area contributed by atoms with Crippen molar-refractivity contribution in [1.29, 1.82) is 0 Å². The number of pyridine rings is 1. The second-order valence-electron chi connectivity index (χ2n) is 8.02. The summed E-state index contributed by atoms with van der Waals surface area (Å²) in [5.41, 5.74) is 11.7. The van der Waals surface area contributed by atoms with E-state index in [9.17, 15) is 4.79 Å². The van der Waals surface area contributed by atoms with Crippen LogP contribution in [0.15, 0.2) is 58.1 Å². The van der Waals surface area contributed by atoms with Crippen molar-refractivity contribution in [2.75, 3.05) is 12.8 Å². The average Bonchev–Trinajstić information content (AvgIpc) is 3.37.